The Morgan fingerprint density at radius 3 is 2.78 bits per heavy atom. The van der Waals surface area contributed by atoms with E-state index >= 15 is 0 Å². The summed E-state index contributed by atoms with van der Waals surface area (Å²) >= 11 is 0. The fourth-order valence-electron chi connectivity index (χ4n) is 2.15. The number of benzene rings is 1. The quantitative estimate of drug-likeness (QED) is 0.722. The predicted octanol–water partition coefficient (Wildman–Crippen LogP) is 3.26. The van der Waals surface area contributed by atoms with E-state index in [4.69, 9.17) is 0 Å². The first-order valence-electron chi connectivity index (χ1n) is 5.99. The molecule has 0 atom stereocenters. The van der Waals surface area contributed by atoms with Crippen LogP contribution in [0.2, 0.25) is 0 Å². The summed E-state index contributed by atoms with van der Waals surface area (Å²) in [5, 5.41) is 11.9. The summed E-state index contributed by atoms with van der Waals surface area (Å²) in [6.45, 7) is 4.09. The summed E-state index contributed by atoms with van der Waals surface area (Å²) in [5.74, 6) is 0.892. The molecule has 0 unspecified atom stereocenters. The van der Waals surface area contributed by atoms with Crippen molar-refractivity contribution in [3.63, 3.8) is 0 Å². The van der Waals surface area contributed by atoms with E-state index in [0.29, 0.717) is 0 Å². The first-order chi connectivity index (χ1) is 8.66. The minimum atomic E-state index is 0.892. The van der Waals surface area contributed by atoms with Gasteiger partial charge in [-0.1, -0.05) is 6.07 Å². The Labute approximate surface area is 106 Å². The van der Waals surface area contributed by atoms with E-state index < -0.39 is 0 Å². The summed E-state index contributed by atoms with van der Waals surface area (Å²) in [4.78, 5) is 0. The van der Waals surface area contributed by atoms with Gasteiger partial charge in [-0.15, -0.1) is 0 Å². The molecule has 0 aliphatic heterocycles. The highest BCUT2D eigenvalue weighted by Gasteiger charge is 2.08. The van der Waals surface area contributed by atoms with E-state index in [0.717, 1.165) is 22.8 Å². The number of fused-ring (bicyclic) bond motifs is 1. The lowest BCUT2D eigenvalue weighted by atomic mass is 10.2. The Balaban J connectivity index is 2.07. The Bertz CT molecular complexity index is 706. The second kappa shape index (κ2) is 3.91. The summed E-state index contributed by atoms with van der Waals surface area (Å²) in [7, 11) is 2.05. The number of H-pyrrole nitrogens is 1. The van der Waals surface area contributed by atoms with Crippen LogP contribution in [0.3, 0.4) is 0 Å². The molecule has 18 heavy (non-hydrogen) atoms. The van der Waals surface area contributed by atoms with Crippen molar-refractivity contribution < 1.29 is 0 Å². The van der Waals surface area contributed by atoms with Gasteiger partial charge in [-0.2, -0.15) is 5.10 Å². The lowest BCUT2D eigenvalue weighted by molar-refractivity contribution is 0.969. The standard InChI is InChI=1S/C14H16N4/c1-9-10(2)16-17-14(9)15-12-5-4-6-13-11(12)7-8-18(13)3/h4-8H,1-3H3,(H2,15,16,17). The third kappa shape index (κ3) is 1.57. The van der Waals surface area contributed by atoms with Gasteiger partial charge in [0, 0.05) is 41.1 Å². The second-order valence-electron chi connectivity index (χ2n) is 4.61. The molecule has 0 aliphatic rings. The zero-order chi connectivity index (χ0) is 12.7. The van der Waals surface area contributed by atoms with Gasteiger partial charge in [0.1, 0.15) is 0 Å². The highest BCUT2D eigenvalue weighted by Crippen LogP contribution is 2.27. The number of anilines is 2. The van der Waals surface area contributed by atoms with Gasteiger partial charge in [0.2, 0.25) is 0 Å². The van der Waals surface area contributed by atoms with Crippen molar-refractivity contribution in [3.8, 4) is 0 Å². The monoisotopic (exact) mass is 240 g/mol. The molecule has 1 aromatic carbocycles. The molecule has 0 amide bonds. The molecular formula is C14H16N4. The smallest absolute Gasteiger partial charge is 0.155 e. The number of nitrogens with one attached hydrogen (secondary N) is 2. The van der Waals surface area contributed by atoms with E-state index in [9.17, 15) is 0 Å². The molecule has 0 fully saturated rings. The van der Waals surface area contributed by atoms with Crippen molar-refractivity contribution in [2.75, 3.05) is 5.32 Å². The molecule has 2 heterocycles. The van der Waals surface area contributed by atoms with Crippen LogP contribution < -0.4 is 5.32 Å². The van der Waals surface area contributed by atoms with Crippen LogP contribution >= 0.6 is 0 Å². The maximum absolute atomic E-state index is 4.28. The average molecular weight is 240 g/mol. The summed E-state index contributed by atoms with van der Waals surface area (Å²) in [6, 6.07) is 8.36. The van der Waals surface area contributed by atoms with Crippen LogP contribution in [0.4, 0.5) is 11.5 Å². The van der Waals surface area contributed by atoms with Gasteiger partial charge in [-0.3, -0.25) is 5.10 Å². The minimum absolute atomic E-state index is 0.892. The maximum Gasteiger partial charge on any atom is 0.155 e. The molecule has 0 aliphatic carbocycles. The Kier molecular flexibility index (Phi) is 2.37. The minimum Gasteiger partial charge on any atom is -0.350 e. The van der Waals surface area contributed by atoms with Gasteiger partial charge in [0.25, 0.3) is 0 Å². The molecule has 0 spiro atoms. The van der Waals surface area contributed by atoms with Crippen LogP contribution in [-0.2, 0) is 7.05 Å². The van der Waals surface area contributed by atoms with Gasteiger partial charge in [0.05, 0.1) is 0 Å². The molecule has 0 radical (unpaired) electrons. The summed E-state index contributed by atoms with van der Waals surface area (Å²) in [6.07, 6.45) is 2.07. The van der Waals surface area contributed by atoms with Gasteiger partial charge < -0.3 is 9.88 Å². The number of hydrogen-bond acceptors (Lipinski definition) is 2. The molecule has 2 aromatic heterocycles. The number of hydrogen-bond donors (Lipinski definition) is 2. The van der Waals surface area contributed by atoms with Crippen LogP contribution in [-0.4, -0.2) is 14.8 Å². The zero-order valence-electron chi connectivity index (χ0n) is 10.8. The molecule has 2 N–H and O–H groups in total. The molecule has 92 valence electrons. The van der Waals surface area contributed by atoms with E-state index in [2.05, 4.69) is 64.5 Å². The number of nitrogens with zero attached hydrogens (tertiary/aromatic N) is 2. The Hall–Kier alpha value is -2.23. The Morgan fingerprint density at radius 1 is 1.22 bits per heavy atom. The molecule has 0 saturated carbocycles. The topological polar surface area (TPSA) is 45.6 Å². The van der Waals surface area contributed by atoms with Crippen molar-refractivity contribution >= 4 is 22.4 Å². The third-order valence-electron chi connectivity index (χ3n) is 3.43. The first kappa shape index (κ1) is 10.9. The van der Waals surface area contributed by atoms with Gasteiger partial charge in [-0.05, 0) is 32.0 Å². The highest BCUT2D eigenvalue weighted by atomic mass is 15.2. The largest absolute Gasteiger partial charge is 0.350 e. The van der Waals surface area contributed by atoms with Crippen molar-refractivity contribution in [3.05, 3.63) is 41.7 Å². The van der Waals surface area contributed by atoms with Gasteiger partial charge >= 0.3 is 0 Å². The van der Waals surface area contributed by atoms with Crippen molar-refractivity contribution in [2.45, 2.75) is 13.8 Å². The van der Waals surface area contributed by atoms with Crippen LogP contribution in [0.25, 0.3) is 10.9 Å². The van der Waals surface area contributed by atoms with Gasteiger partial charge in [0.15, 0.2) is 5.82 Å². The van der Waals surface area contributed by atoms with E-state index in [1.807, 2.05) is 6.92 Å². The molecule has 4 heteroatoms. The number of aromatic amines is 1. The molecule has 3 aromatic rings. The maximum atomic E-state index is 4.28. The third-order valence-corrected chi connectivity index (χ3v) is 3.43. The molecule has 0 bridgehead atoms. The fourth-order valence-corrected chi connectivity index (χ4v) is 2.15. The van der Waals surface area contributed by atoms with Crippen LogP contribution in [0, 0.1) is 13.8 Å². The number of rotatable bonds is 2. The second-order valence-corrected chi connectivity index (χ2v) is 4.61. The molecule has 3 rings (SSSR count). The molecule has 4 nitrogen and oxygen atoms in total. The normalized spacial score (nSPS) is 11.1. The number of aromatic nitrogens is 3. The van der Waals surface area contributed by atoms with Crippen LogP contribution in [0.15, 0.2) is 30.5 Å². The van der Waals surface area contributed by atoms with Crippen molar-refractivity contribution in [1.82, 2.24) is 14.8 Å². The highest BCUT2D eigenvalue weighted by molar-refractivity contribution is 5.94. The zero-order valence-corrected chi connectivity index (χ0v) is 10.8. The number of aryl methyl sites for hydroxylation is 2. The molecular weight excluding hydrogens is 224 g/mol. The van der Waals surface area contributed by atoms with Crippen LogP contribution in [0.1, 0.15) is 11.3 Å². The fraction of sp³-hybridized carbons (Fsp3) is 0.214. The lowest BCUT2D eigenvalue weighted by Gasteiger charge is -2.06. The first-order valence-corrected chi connectivity index (χ1v) is 5.99. The molecule has 0 saturated heterocycles. The van der Waals surface area contributed by atoms with Gasteiger partial charge in [-0.25, -0.2) is 0 Å². The predicted molar refractivity (Wildman–Crippen MR) is 74.3 cm³/mol. The van der Waals surface area contributed by atoms with Crippen molar-refractivity contribution in [2.24, 2.45) is 7.05 Å². The van der Waals surface area contributed by atoms with E-state index in [1.165, 1.54) is 10.9 Å². The van der Waals surface area contributed by atoms with Crippen LogP contribution in [0.5, 0.6) is 0 Å². The van der Waals surface area contributed by atoms with E-state index in [1.54, 1.807) is 0 Å². The van der Waals surface area contributed by atoms with Crippen molar-refractivity contribution in [1.29, 1.82) is 0 Å². The SMILES string of the molecule is Cc1[nH]nc(Nc2cccc3c2ccn3C)c1C. The summed E-state index contributed by atoms with van der Waals surface area (Å²) in [5.41, 5.74) is 4.55. The Morgan fingerprint density at radius 2 is 2.06 bits per heavy atom. The lowest BCUT2D eigenvalue weighted by Crippen LogP contribution is -1.93. The average Bonchev–Trinajstić information content (AvgIpc) is 2.89. The van der Waals surface area contributed by atoms with E-state index in [-0.39, 0.29) is 0 Å². The summed E-state index contributed by atoms with van der Waals surface area (Å²) < 4.78 is 2.11.